The Balaban J connectivity index is 1.47. The van der Waals surface area contributed by atoms with Gasteiger partial charge in [-0.15, -0.1) is 0 Å². The van der Waals surface area contributed by atoms with Crippen molar-refractivity contribution in [1.82, 2.24) is 15.3 Å². The summed E-state index contributed by atoms with van der Waals surface area (Å²) in [5.74, 6) is -1.21. The summed E-state index contributed by atoms with van der Waals surface area (Å²) in [6.45, 7) is 0.275. The SMILES string of the molecule is O=C1NN=Cc2c[nH]c3cc(NC(=O)C4CCN(C(=O)O)C4c4ccccc4)cc1c23. The van der Waals surface area contributed by atoms with E-state index < -0.39 is 18.1 Å². The number of nitrogens with zero attached hydrogens (tertiary/aromatic N) is 2. The van der Waals surface area contributed by atoms with Gasteiger partial charge in [-0.3, -0.25) is 9.59 Å². The van der Waals surface area contributed by atoms with Gasteiger partial charge in [-0.2, -0.15) is 5.10 Å². The van der Waals surface area contributed by atoms with Crippen LogP contribution < -0.4 is 10.7 Å². The average molecular weight is 417 g/mol. The van der Waals surface area contributed by atoms with Gasteiger partial charge in [-0.05, 0) is 24.1 Å². The number of anilines is 1. The predicted octanol–water partition coefficient (Wildman–Crippen LogP) is 2.92. The zero-order valence-corrected chi connectivity index (χ0v) is 16.3. The number of carbonyl (C=O) groups is 3. The Hall–Kier alpha value is -4.14. The van der Waals surface area contributed by atoms with Crippen LogP contribution in [0.3, 0.4) is 0 Å². The Kier molecular flexibility index (Phi) is 4.43. The van der Waals surface area contributed by atoms with Gasteiger partial charge in [0.15, 0.2) is 0 Å². The summed E-state index contributed by atoms with van der Waals surface area (Å²) < 4.78 is 0. The van der Waals surface area contributed by atoms with Gasteiger partial charge in [0.25, 0.3) is 5.91 Å². The van der Waals surface area contributed by atoms with E-state index >= 15 is 0 Å². The molecular formula is C22H19N5O4. The van der Waals surface area contributed by atoms with E-state index in [9.17, 15) is 19.5 Å². The van der Waals surface area contributed by atoms with Crippen LogP contribution in [0.15, 0.2) is 53.8 Å². The zero-order chi connectivity index (χ0) is 21.5. The molecule has 0 spiro atoms. The van der Waals surface area contributed by atoms with Gasteiger partial charge in [0.05, 0.1) is 23.7 Å². The summed E-state index contributed by atoms with van der Waals surface area (Å²) in [4.78, 5) is 41.8. The Labute approximate surface area is 176 Å². The van der Waals surface area contributed by atoms with Gasteiger partial charge in [0, 0.05) is 34.9 Å². The van der Waals surface area contributed by atoms with E-state index in [1.54, 1.807) is 24.5 Å². The summed E-state index contributed by atoms with van der Waals surface area (Å²) in [5, 5.41) is 17.1. The van der Waals surface area contributed by atoms with Crippen molar-refractivity contribution in [3.05, 3.63) is 65.4 Å². The smallest absolute Gasteiger partial charge is 0.407 e. The minimum absolute atomic E-state index is 0.275. The molecule has 3 amide bonds. The van der Waals surface area contributed by atoms with E-state index in [-0.39, 0.29) is 18.4 Å². The van der Waals surface area contributed by atoms with Gasteiger partial charge < -0.3 is 20.3 Å². The molecule has 1 saturated heterocycles. The van der Waals surface area contributed by atoms with Crippen molar-refractivity contribution >= 4 is 40.7 Å². The van der Waals surface area contributed by atoms with E-state index in [4.69, 9.17) is 0 Å². The van der Waals surface area contributed by atoms with Crippen LogP contribution in [-0.4, -0.2) is 45.7 Å². The first-order chi connectivity index (χ1) is 15.0. The Bertz CT molecular complexity index is 1230. The van der Waals surface area contributed by atoms with Crippen molar-refractivity contribution in [3.63, 3.8) is 0 Å². The van der Waals surface area contributed by atoms with Crippen molar-refractivity contribution in [2.75, 3.05) is 11.9 Å². The molecule has 2 atom stereocenters. The van der Waals surface area contributed by atoms with E-state index in [1.807, 2.05) is 30.3 Å². The molecule has 1 aromatic heterocycles. The molecule has 2 aliphatic rings. The van der Waals surface area contributed by atoms with Crippen LogP contribution in [0.25, 0.3) is 10.9 Å². The number of nitrogens with one attached hydrogen (secondary N) is 3. The third-order valence-corrected chi connectivity index (χ3v) is 5.81. The number of hydrogen-bond acceptors (Lipinski definition) is 4. The van der Waals surface area contributed by atoms with Crippen LogP contribution in [0.4, 0.5) is 10.5 Å². The molecule has 2 aliphatic heterocycles. The minimum Gasteiger partial charge on any atom is -0.465 e. The molecule has 9 heteroatoms. The Morgan fingerprint density at radius 3 is 2.77 bits per heavy atom. The highest BCUT2D eigenvalue weighted by molar-refractivity contribution is 6.15. The first kappa shape index (κ1) is 18.9. The standard InChI is InChI=1S/C22H19N5O4/c28-20(15-6-7-27(22(30)31)19(15)12-4-2-1-3-5-12)25-14-8-16-18-13(10-23-17(18)9-14)11-24-26-21(16)29/h1-5,8-11,15,19,23H,6-7H2,(H,25,28)(H,26,29)(H,30,31). The quantitative estimate of drug-likeness (QED) is 0.522. The largest absolute Gasteiger partial charge is 0.465 e. The highest BCUT2D eigenvalue weighted by atomic mass is 16.4. The molecule has 0 aliphatic carbocycles. The predicted molar refractivity (Wildman–Crippen MR) is 114 cm³/mol. The highest BCUT2D eigenvalue weighted by Gasteiger charge is 2.42. The fourth-order valence-corrected chi connectivity index (χ4v) is 4.45. The lowest BCUT2D eigenvalue weighted by Crippen LogP contribution is -2.34. The second-order valence-electron chi connectivity index (χ2n) is 7.61. The first-order valence-corrected chi connectivity index (χ1v) is 9.87. The number of carbonyl (C=O) groups excluding carboxylic acids is 2. The molecule has 2 aromatic carbocycles. The maximum absolute atomic E-state index is 13.2. The number of carboxylic acid groups (broad SMARTS) is 1. The number of benzene rings is 2. The lowest BCUT2D eigenvalue weighted by atomic mass is 9.92. The van der Waals surface area contributed by atoms with Crippen LogP contribution in [0.5, 0.6) is 0 Å². The summed E-state index contributed by atoms with van der Waals surface area (Å²) in [7, 11) is 0. The summed E-state index contributed by atoms with van der Waals surface area (Å²) in [6.07, 6.45) is 2.67. The number of likely N-dealkylation sites (tertiary alicyclic amines) is 1. The van der Waals surface area contributed by atoms with Crippen molar-refractivity contribution in [3.8, 4) is 0 Å². The third kappa shape index (κ3) is 3.20. The number of aromatic amines is 1. The van der Waals surface area contributed by atoms with E-state index in [1.165, 1.54) is 4.90 Å². The molecule has 3 heterocycles. The molecule has 2 unspecified atom stereocenters. The Morgan fingerprint density at radius 1 is 1.19 bits per heavy atom. The molecular weight excluding hydrogens is 398 g/mol. The molecule has 0 saturated carbocycles. The molecule has 3 aromatic rings. The number of hydrazone groups is 1. The second kappa shape index (κ2) is 7.28. The van der Waals surface area contributed by atoms with Crippen LogP contribution in [0.1, 0.15) is 33.9 Å². The molecule has 156 valence electrons. The number of hydrogen-bond donors (Lipinski definition) is 4. The van der Waals surface area contributed by atoms with E-state index in [0.29, 0.717) is 23.2 Å². The lowest BCUT2D eigenvalue weighted by molar-refractivity contribution is -0.120. The van der Waals surface area contributed by atoms with E-state index in [0.717, 1.165) is 16.5 Å². The molecule has 0 radical (unpaired) electrons. The molecule has 0 bridgehead atoms. The van der Waals surface area contributed by atoms with Gasteiger partial charge >= 0.3 is 6.09 Å². The van der Waals surface area contributed by atoms with Crippen molar-refractivity contribution < 1.29 is 19.5 Å². The van der Waals surface area contributed by atoms with Crippen LogP contribution in [0, 0.1) is 5.92 Å². The maximum atomic E-state index is 13.2. The topological polar surface area (TPSA) is 127 Å². The summed E-state index contributed by atoms with van der Waals surface area (Å²) >= 11 is 0. The fourth-order valence-electron chi connectivity index (χ4n) is 4.45. The summed E-state index contributed by atoms with van der Waals surface area (Å²) in [5.41, 5.74) is 5.56. The van der Waals surface area contributed by atoms with Gasteiger partial charge in [0.1, 0.15) is 0 Å². The van der Waals surface area contributed by atoms with Crippen LogP contribution >= 0.6 is 0 Å². The zero-order valence-electron chi connectivity index (χ0n) is 16.3. The van der Waals surface area contributed by atoms with Crippen molar-refractivity contribution in [2.45, 2.75) is 12.5 Å². The van der Waals surface area contributed by atoms with Crippen LogP contribution in [-0.2, 0) is 4.79 Å². The number of aromatic nitrogens is 1. The van der Waals surface area contributed by atoms with E-state index in [2.05, 4.69) is 20.8 Å². The van der Waals surface area contributed by atoms with Crippen LogP contribution in [0.2, 0.25) is 0 Å². The minimum atomic E-state index is -1.05. The molecule has 1 fully saturated rings. The van der Waals surface area contributed by atoms with Crippen molar-refractivity contribution in [2.24, 2.45) is 11.0 Å². The normalized spacial score (nSPS) is 19.9. The lowest BCUT2D eigenvalue weighted by Gasteiger charge is -2.26. The van der Waals surface area contributed by atoms with Gasteiger partial charge in [0.2, 0.25) is 5.91 Å². The number of amides is 3. The van der Waals surface area contributed by atoms with Crippen molar-refractivity contribution in [1.29, 1.82) is 0 Å². The second-order valence-corrected chi connectivity index (χ2v) is 7.61. The van der Waals surface area contributed by atoms with Gasteiger partial charge in [-0.1, -0.05) is 30.3 Å². The highest BCUT2D eigenvalue weighted by Crippen LogP contribution is 2.38. The molecule has 9 nitrogen and oxygen atoms in total. The molecule has 4 N–H and O–H groups in total. The number of rotatable bonds is 3. The fraction of sp³-hybridized carbons (Fsp3) is 0.182. The Morgan fingerprint density at radius 2 is 2.00 bits per heavy atom. The molecule has 5 rings (SSSR count). The molecule has 31 heavy (non-hydrogen) atoms. The third-order valence-electron chi connectivity index (χ3n) is 5.81. The monoisotopic (exact) mass is 417 g/mol. The van der Waals surface area contributed by atoms with Gasteiger partial charge in [-0.25, -0.2) is 10.2 Å². The average Bonchev–Trinajstić information content (AvgIpc) is 3.34. The maximum Gasteiger partial charge on any atom is 0.407 e. The number of H-pyrrole nitrogens is 1. The summed E-state index contributed by atoms with van der Waals surface area (Å²) in [6, 6.07) is 12.0. The first-order valence-electron chi connectivity index (χ1n) is 9.87.